The molecule has 0 bridgehead atoms. The second kappa shape index (κ2) is 8.79. The Morgan fingerprint density at radius 3 is 2.70 bits per heavy atom. The molecule has 6 nitrogen and oxygen atoms in total. The van der Waals surface area contributed by atoms with E-state index in [1.165, 1.54) is 13.5 Å². The average molecular weight is 286 g/mol. The number of carbonyl (C=O) groups excluding carboxylic acids is 1. The van der Waals surface area contributed by atoms with Crippen molar-refractivity contribution in [3.05, 3.63) is 0 Å². The molecule has 0 aromatic heterocycles. The summed E-state index contributed by atoms with van der Waals surface area (Å²) in [4.78, 5) is 22.9. The number of hydrogen-bond donors (Lipinski definition) is 3. The third kappa shape index (κ3) is 6.23. The van der Waals surface area contributed by atoms with Crippen molar-refractivity contribution in [2.75, 3.05) is 13.7 Å². The zero-order valence-corrected chi connectivity index (χ0v) is 12.4. The number of urea groups is 1. The predicted octanol–water partition coefficient (Wildman–Crippen LogP) is 1.74. The molecule has 2 amide bonds. The van der Waals surface area contributed by atoms with Crippen LogP contribution < -0.4 is 10.6 Å². The average Bonchev–Trinajstić information content (AvgIpc) is 2.59. The lowest BCUT2D eigenvalue weighted by molar-refractivity contribution is -0.139. The first-order valence-electron chi connectivity index (χ1n) is 7.31. The van der Waals surface area contributed by atoms with E-state index in [2.05, 4.69) is 17.6 Å². The van der Waals surface area contributed by atoms with Gasteiger partial charge in [0.05, 0.1) is 0 Å². The lowest BCUT2D eigenvalue weighted by Crippen LogP contribution is -2.49. The van der Waals surface area contributed by atoms with Gasteiger partial charge in [-0.25, -0.2) is 9.59 Å². The van der Waals surface area contributed by atoms with Crippen molar-refractivity contribution in [2.24, 2.45) is 5.92 Å². The first-order chi connectivity index (χ1) is 9.52. The third-order valence-electron chi connectivity index (χ3n) is 3.81. The summed E-state index contributed by atoms with van der Waals surface area (Å²) < 4.78 is 4.85. The van der Waals surface area contributed by atoms with Gasteiger partial charge in [0, 0.05) is 26.2 Å². The first kappa shape index (κ1) is 16.8. The highest BCUT2D eigenvalue weighted by Crippen LogP contribution is 2.22. The van der Waals surface area contributed by atoms with Crippen molar-refractivity contribution >= 4 is 12.0 Å². The van der Waals surface area contributed by atoms with Crippen LogP contribution in [0.5, 0.6) is 0 Å². The number of nitrogens with one attached hydrogen (secondary N) is 2. The second-order valence-electron chi connectivity index (χ2n) is 5.60. The summed E-state index contributed by atoms with van der Waals surface area (Å²) in [5, 5.41) is 14.4. The number of methoxy groups -OCH3 is 1. The Bertz CT molecular complexity index is 322. The quantitative estimate of drug-likeness (QED) is 0.649. The fraction of sp³-hybridized carbons (Fsp3) is 0.857. The van der Waals surface area contributed by atoms with Crippen molar-refractivity contribution in [2.45, 2.75) is 57.5 Å². The van der Waals surface area contributed by atoms with E-state index < -0.39 is 18.0 Å². The summed E-state index contributed by atoms with van der Waals surface area (Å²) in [6, 6.07) is -1.15. The van der Waals surface area contributed by atoms with Crippen LogP contribution in [0.4, 0.5) is 4.79 Å². The molecule has 0 aromatic carbocycles. The molecule has 0 saturated heterocycles. The van der Waals surface area contributed by atoms with Gasteiger partial charge in [-0.3, -0.25) is 0 Å². The normalized spacial score (nSPS) is 24.5. The van der Waals surface area contributed by atoms with Crippen molar-refractivity contribution in [3.8, 4) is 0 Å². The molecule has 1 aliphatic rings. The van der Waals surface area contributed by atoms with Gasteiger partial charge in [-0.05, 0) is 25.2 Å². The zero-order chi connectivity index (χ0) is 15.0. The van der Waals surface area contributed by atoms with Crippen LogP contribution in [0.25, 0.3) is 0 Å². The number of rotatable bonds is 6. The number of ether oxygens (including phenoxy) is 1. The van der Waals surface area contributed by atoms with Crippen LogP contribution in [0.15, 0.2) is 0 Å². The molecule has 0 aromatic rings. The van der Waals surface area contributed by atoms with Crippen LogP contribution in [0.2, 0.25) is 0 Å². The van der Waals surface area contributed by atoms with Gasteiger partial charge in [0.25, 0.3) is 0 Å². The van der Waals surface area contributed by atoms with E-state index >= 15 is 0 Å². The van der Waals surface area contributed by atoms with Crippen LogP contribution in [0.3, 0.4) is 0 Å². The molecule has 1 saturated carbocycles. The smallest absolute Gasteiger partial charge is 0.326 e. The van der Waals surface area contributed by atoms with Crippen LogP contribution in [-0.4, -0.2) is 42.9 Å². The Balaban J connectivity index is 2.38. The van der Waals surface area contributed by atoms with Gasteiger partial charge in [0.1, 0.15) is 6.04 Å². The molecule has 3 N–H and O–H groups in total. The van der Waals surface area contributed by atoms with Gasteiger partial charge >= 0.3 is 12.0 Å². The number of carboxylic acids is 1. The molecule has 1 fully saturated rings. The molecular formula is C14H26N2O4. The molecule has 1 aliphatic carbocycles. The summed E-state index contributed by atoms with van der Waals surface area (Å²) in [7, 11) is 1.51. The predicted molar refractivity (Wildman–Crippen MR) is 75.6 cm³/mol. The van der Waals surface area contributed by atoms with E-state index in [-0.39, 0.29) is 12.5 Å². The van der Waals surface area contributed by atoms with Crippen molar-refractivity contribution < 1.29 is 19.4 Å². The van der Waals surface area contributed by atoms with E-state index in [0.717, 1.165) is 25.7 Å². The fourth-order valence-electron chi connectivity index (χ4n) is 2.51. The number of hydrogen-bond acceptors (Lipinski definition) is 3. The van der Waals surface area contributed by atoms with Crippen LogP contribution in [0.1, 0.15) is 45.4 Å². The maximum Gasteiger partial charge on any atom is 0.326 e. The maximum atomic E-state index is 11.9. The SMILES string of the molecule is COCCC(NC(=O)NC1CCCC(C)CC1)C(=O)O. The van der Waals surface area contributed by atoms with E-state index in [0.29, 0.717) is 12.5 Å². The van der Waals surface area contributed by atoms with Gasteiger partial charge < -0.3 is 20.5 Å². The molecule has 0 spiro atoms. The second-order valence-corrected chi connectivity index (χ2v) is 5.60. The van der Waals surface area contributed by atoms with Crippen molar-refractivity contribution in [3.63, 3.8) is 0 Å². The molecule has 3 atom stereocenters. The minimum Gasteiger partial charge on any atom is -0.480 e. The zero-order valence-electron chi connectivity index (χ0n) is 12.4. The standard InChI is InChI=1S/C14H26N2O4/c1-10-4-3-5-11(7-6-10)15-14(19)16-12(13(17)18)8-9-20-2/h10-12H,3-9H2,1-2H3,(H,17,18)(H2,15,16,19). The van der Waals surface area contributed by atoms with Gasteiger partial charge in [-0.2, -0.15) is 0 Å². The van der Waals surface area contributed by atoms with Gasteiger partial charge in [-0.15, -0.1) is 0 Å². The Morgan fingerprint density at radius 2 is 2.05 bits per heavy atom. The first-order valence-corrected chi connectivity index (χ1v) is 7.31. The third-order valence-corrected chi connectivity index (χ3v) is 3.81. The number of aliphatic carboxylic acids is 1. The molecule has 3 unspecified atom stereocenters. The molecule has 0 aliphatic heterocycles. The Kier molecular flexibility index (Phi) is 7.36. The minimum absolute atomic E-state index is 0.150. The van der Waals surface area contributed by atoms with E-state index in [1.54, 1.807) is 0 Å². The topological polar surface area (TPSA) is 87.7 Å². The maximum absolute atomic E-state index is 11.9. The Hall–Kier alpha value is -1.30. The number of carboxylic acid groups (broad SMARTS) is 1. The lowest BCUT2D eigenvalue weighted by Gasteiger charge is -2.19. The van der Waals surface area contributed by atoms with E-state index in [9.17, 15) is 9.59 Å². The van der Waals surface area contributed by atoms with Crippen LogP contribution in [0, 0.1) is 5.92 Å². The minimum atomic E-state index is -1.04. The summed E-state index contributed by atoms with van der Waals surface area (Å²) >= 11 is 0. The highest BCUT2D eigenvalue weighted by atomic mass is 16.5. The van der Waals surface area contributed by atoms with Crippen LogP contribution >= 0.6 is 0 Å². The van der Waals surface area contributed by atoms with Crippen LogP contribution in [-0.2, 0) is 9.53 Å². The Morgan fingerprint density at radius 1 is 1.30 bits per heavy atom. The molecule has 116 valence electrons. The monoisotopic (exact) mass is 286 g/mol. The molecule has 1 rings (SSSR count). The van der Waals surface area contributed by atoms with Gasteiger partial charge in [0.2, 0.25) is 0 Å². The molecule has 6 heteroatoms. The fourth-order valence-corrected chi connectivity index (χ4v) is 2.51. The van der Waals surface area contributed by atoms with Crippen molar-refractivity contribution in [1.29, 1.82) is 0 Å². The number of carbonyl (C=O) groups is 2. The summed E-state index contributed by atoms with van der Waals surface area (Å²) in [5.41, 5.74) is 0. The molecule has 20 heavy (non-hydrogen) atoms. The van der Waals surface area contributed by atoms with Gasteiger partial charge in [-0.1, -0.05) is 19.8 Å². The largest absolute Gasteiger partial charge is 0.480 e. The van der Waals surface area contributed by atoms with Gasteiger partial charge in [0.15, 0.2) is 0 Å². The van der Waals surface area contributed by atoms with Crippen molar-refractivity contribution in [1.82, 2.24) is 10.6 Å². The van der Waals surface area contributed by atoms with E-state index in [1.807, 2.05) is 0 Å². The van der Waals surface area contributed by atoms with E-state index in [4.69, 9.17) is 9.84 Å². The highest BCUT2D eigenvalue weighted by molar-refractivity contribution is 5.82. The summed E-state index contributed by atoms with van der Waals surface area (Å²) in [6.45, 7) is 2.53. The highest BCUT2D eigenvalue weighted by Gasteiger charge is 2.22. The molecular weight excluding hydrogens is 260 g/mol. The number of amides is 2. The summed E-state index contributed by atoms with van der Waals surface area (Å²) in [6.07, 6.45) is 5.61. The molecule has 0 radical (unpaired) electrons. The molecule has 0 heterocycles. The Labute approximate surface area is 120 Å². The lowest BCUT2D eigenvalue weighted by atomic mass is 10.0. The summed E-state index contributed by atoms with van der Waals surface area (Å²) in [5.74, 6) is -0.329.